The Balaban J connectivity index is 2.43. The summed E-state index contributed by atoms with van der Waals surface area (Å²) in [6, 6.07) is 5.17. The van der Waals surface area contributed by atoms with Crippen LogP contribution in [0, 0.1) is 6.92 Å². The molecule has 2 N–H and O–H groups in total. The lowest BCUT2D eigenvalue weighted by atomic mass is 10.2. The lowest BCUT2D eigenvalue weighted by Gasteiger charge is -2.16. The van der Waals surface area contributed by atoms with E-state index >= 15 is 0 Å². The monoisotopic (exact) mass is 299 g/mol. The van der Waals surface area contributed by atoms with Crippen LogP contribution in [-0.4, -0.2) is 29.6 Å². The molecule has 110 valence electrons. The van der Waals surface area contributed by atoms with Gasteiger partial charge in [0.2, 0.25) is 0 Å². The van der Waals surface area contributed by atoms with Gasteiger partial charge in [0.1, 0.15) is 5.75 Å². The summed E-state index contributed by atoms with van der Waals surface area (Å²) >= 11 is 5.84. The molecule has 0 saturated heterocycles. The van der Waals surface area contributed by atoms with Gasteiger partial charge in [0.15, 0.2) is 6.10 Å². The number of hydrogen-bond acceptors (Lipinski definition) is 3. The molecule has 0 aliphatic rings. The summed E-state index contributed by atoms with van der Waals surface area (Å²) < 4.78 is 5.55. The minimum Gasteiger partial charge on any atom is -0.481 e. The van der Waals surface area contributed by atoms with Crippen LogP contribution >= 0.6 is 11.6 Å². The quantitative estimate of drug-likeness (QED) is 0.758. The van der Waals surface area contributed by atoms with Gasteiger partial charge in [-0.15, -0.1) is 0 Å². The second-order valence-corrected chi connectivity index (χ2v) is 4.89. The van der Waals surface area contributed by atoms with Gasteiger partial charge in [-0.3, -0.25) is 9.59 Å². The van der Waals surface area contributed by atoms with E-state index in [0.717, 1.165) is 5.56 Å². The largest absolute Gasteiger partial charge is 0.481 e. The van der Waals surface area contributed by atoms with Crippen LogP contribution in [0.25, 0.3) is 0 Å². The smallest absolute Gasteiger partial charge is 0.303 e. The second kappa shape index (κ2) is 7.75. The zero-order chi connectivity index (χ0) is 15.1. The van der Waals surface area contributed by atoms with E-state index in [1.165, 1.54) is 0 Å². The number of nitrogens with one attached hydrogen (secondary N) is 1. The second-order valence-electron chi connectivity index (χ2n) is 4.46. The molecule has 1 atom stereocenters. The third-order valence-corrected chi connectivity index (χ3v) is 2.91. The number of carbonyl (C=O) groups excluding carboxylic acids is 1. The highest BCUT2D eigenvalue weighted by Gasteiger charge is 2.15. The zero-order valence-electron chi connectivity index (χ0n) is 11.5. The summed E-state index contributed by atoms with van der Waals surface area (Å²) in [5.41, 5.74) is 0.850. The number of aryl methyl sites for hydroxylation is 1. The fourth-order valence-electron chi connectivity index (χ4n) is 1.58. The molecule has 0 spiro atoms. The molecule has 0 saturated carbocycles. The molecule has 1 unspecified atom stereocenters. The molecule has 0 heterocycles. The van der Waals surface area contributed by atoms with Crippen LogP contribution < -0.4 is 10.1 Å². The van der Waals surface area contributed by atoms with E-state index in [1.54, 1.807) is 25.1 Å². The third-order valence-electron chi connectivity index (χ3n) is 2.68. The van der Waals surface area contributed by atoms with Crippen molar-refractivity contribution in [2.24, 2.45) is 0 Å². The van der Waals surface area contributed by atoms with E-state index in [4.69, 9.17) is 21.4 Å². The minimum absolute atomic E-state index is 0.0335. The van der Waals surface area contributed by atoms with Crippen molar-refractivity contribution in [2.45, 2.75) is 32.8 Å². The van der Waals surface area contributed by atoms with E-state index in [2.05, 4.69) is 5.32 Å². The number of ether oxygens (including phenoxy) is 1. The number of carboxylic acids is 1. The Morgan fingerprint density at radius 2 is 2.15 bits per heavy atom. The first-order valence-corrected chi connectivity index (χ1v) is 6.70. The molecule has 0 aliphatic carbocycles. The number of carbonyl (C=O) groups is 2. The van der Waals surface area contributed by atoms with Gasteiger partial charge in [-0.2, -0.15) is 0 Å². The van der Waals surface area contributed by atoms with Gasteiger partial charge in [0.05, 0.1) is 0 Å². The Morgan fingerprint density at radius 3 is 2.75 bits per heavy atom. The Labute approximate surface area is 122 Å². The maximum atomic E-state index is 11.8. The van der Waals surface area contributed by atoms with Crippen molar-refractivity contribution >= 4 is 23.5 Å². The fourth-order valence-corrected chi connectivity index (χ4v) is 1.81. The average molecular weight is 300 g/mol. The normalized spacial score (nSPS) is 11.8. The van der Waals surface area contributed by atoms with Crippen molar-refractivity contribution < 1.29 is 19.4 Å². The van der Waals surface area contributed by atoms with Gasteiger partial charge in [0.25, 0.3) is 5.91 Å². The molecule has 1 aromatic rings. The van der Waals surface area contributed by atoms with Crippen LogP contribution in [0.2, 0.25) is 5.02 Å². The molecule has 1 aromatic carbocycles. The predicted octanol–water partition coefficient (Wildman–Crippen LogP) is 2.40. The van der Waals surface area contributed by atoms with Crippen molar-refractivity contribution in [3.8, 4) is 5.75 Å². The summed E-state index contributed by atoms with van der Waals surface area (Å²) in [4.78, 5) is 22.1. The standard InChI is InChI=1S/C14H18ClNO4/c1-9-8-11(15)5-6-12(9)20-10(2)14(19)16-7-3-4-13(17)18/h5-6,8,10H,3-4,7H2,1-2H3,(H,16,19)(H,17,18). The number of hydrogen-bond donors (Lipinski definition) is 2. The molecule has 1 rings (SSSR count). The maximum Gasteiger partial charge on any atom is 0.303 e. The first-order valence-electron chi connectivity index (χ1n) is 6.32. The van der Waals surface area contributed by atoms with Crippen LogP contribution in [0.3, 0.4) is 0 Å². The highest BCUT2D eigenvalue weighted by Crippen LogP contribution is 2.22. The van der Waals surface area contributed by atoms with Crippen LogP contribution in [-0.2, 0) is 9.59 Å². The number of rotatable bonds is 7. The Kier molecular flexibility index (Phi) is 6.31. The van der Waals surface area contributed by atoms with Crippen molar-refractivity contribution in [3.05, 3.63) is 28.8 Å². The molecule has 0 aliphatic heterocycles. The number of carboxylic acid groups (broad SMARTS) is 1. The van der Waals surface area contributed by atoms with Gasteiger partial charge >= 0.3 is 5.97 Å². The lowest BCUT2D eigenvalue weighted by molar-refractivity contribution is -0.137. The fraction of sp³-hybridized carbons (Fsp3) is 0.429. The van der Waals surface area contributed by atoms with Gasteiger partial charge in [-0.25, -0.2) is 0 Å². The summed E-state index contributed by atoms with van der Waals surface area (Å²) in [6.07, 6.45) is -0.223. The molecule has 0 fully saturated rings. The number of benzene rings is 1. The zero-order valence-corrected chi connectivity index (χ0v) is 12.2. The number of aliphatic carboxylic acids is 1. The van der Waals surface area contributed by atoms with E-state index in [9.17, 15) is 9.59 Å². The third kappa shape index (κ3) is 5.48. The Hall–Kier alpha value is -1.75. The van der Waals surface area contributed by atoms with E-state index in [-0.39, 0.29) is 12.3 Å². The van der Waals surface area contributed by atoms with Crippen molar-refractivity contribution in [1.29, 1.82) is 0 Å². The first-order chi connectivity index (χ1) is 9.40. The average Bonchev–Trinajstić information content (AvgIpc) is 2.37. The minimum atomic E-state index is -0.875. The van der Waals surface area contributed by atoms with Gasteiger partial charge in [-0.05, 0) is 44.0 Å². The van der Waals surface area contributed by atoms with Crippen LogP contribution in [0.15, 0.2) is 18.2 Å². The summed E-state index contributed by atoms with van der Waals surface area (Å²) in [5.74, 6) is -0.548. The molecule has 0 aromatic heterocycles. The molecular weight excluding hydrogens is 282 g/mol. The summed E-state index contributed by atoms with van der Waals surface area (Å²) in [7, 11) is 0. The predicted molar refractivity (Wildman–Crippen MR) is 76.2 cm³/mol. The van der Waals surface area contributed by atoms with E-state index in [1.807, 2.05) is 6.92 Å². The van der Waals surface area contributed by atoms with Crippen molar-refractivity contribution in [1.82, 2.24) is 5.32 Å². The van der Waals surface area contributed by atoms with Gasteiger partial charge in [0, 0.05) is 18.0 Å². The molecular formula is C14H18ClNO4. The highest BCUT2D eigenvalue weighted by molar-refractivity contribution is 6.30. The maximum absolute atomic E-state index is 11.8. The molecule has 6 heteroatoms. The van der Waals surface area contributed by atoms with Crippen LogP contribution in [0.1, 0.15) is 25.3 Å². The number of amides is 1. The Morgan fingerprint density at radius 1 is 1.45 bits per heavy atom. The molecule has 0 radical (unpaired) electrons. The van der Waals surface area contributed by atoms with Gasteiger partial charge in [-0.1, -0.05) is 11.6 Å². The first kappa shape index (κ1) is 16.3. The topological polar surface area (TPSA) is 75.6 Å². The Bertz CT molecular complexity index is 490. The van der Waals surface area contributed by atoms with Crippen molar-refractivity contribution in [2.75, 3.05) is 6.54 Å². The molecule has 1 amide bonds. The molecule has 0 bridgehead atoms. The van der Waals surface area contributed by atoms with E-state index < -0.39 is 12.1 Å². The SMILES string of the molecule is Cc1cc(Cl)ccc1OC(C)C(=O)NCCCC(=O)O. The molecule has 5 nitrogen and oxygen atoms in total. The van der Waals surface area contributed by atoms with E-state index in [0.29, 0.717) is 23.7 Å². The van der Waals surface area contributed by atoms with Gasteiger partial charge < -0.3 is 15.2 Å². The van der Waals surface area contributed by atoms with Crippen molar-refractivity contribution in [3.63, 3.8) is 0 Å². The van der Waals surface area contributed by atoms with Crippen LogP contribution in [0.5, 0.6) is 5.75 Å². The highest BCUT2D eigenvalue weighted by atomic mass is 35.5. The lowest BCUT2D eigenvalue weighted by Crippen LogP contribution is -2.37. The molecule has 20 heavy (non-hydrogen) atoms. The number of halogens is 1. The summed E-state index contributed by atoms with van der Waals surface area (Å²) in [5, 5.41) is 11.7. The summed E-state index contributed by atoms with van der Waals surface area (Å²) in [6.45, 7) is 3.80. The van der Waals surface area contributed by atoms with Crippen LogP contribution in [0.4, 0.5) is 0 Å².